The zero-order chi connectivity index (χ0) is 18.0. The van der Waals surface area contributed by atoms with Crippen molar-refractivity contribution in [1.29, 1.82) is 0 Å². The van der Waals surface area contributed by atoms with Gasteiger partial charge in [-0.15, -0.1) is 17.8 Å². The van der Waals surface area contributed by atoms with Gasteiger partial charge in [0.15, 0.2) is 5.82 Å². The number of anilines is 1. The van der Waals surface area contributed by atoms with Crippen LogP contribution in [0.1, 0.15) is 5.56 Å². The lowest BCUT2D eigenvalue weighted by molar-refractivity contribution is 0.415. The highest BCUT2D eigenvalue weighted by Gasteiger charge is 2.19. The SMILES string of the molecule is [C-]#[N+]c1sc2nc(-c3ccc(OC)cc3)nc(N(C)CC#C)c2c1C. The molecule has 0 N–H and O–H groups in total. The van der Waals surface area contributed by atoms with Crippen molar-refractivity contribution in [2.24, 2.45) is 0 Å². The average molecular weight is 348 g/mol. The molecule has 2 aromatic heterocycles. The minimum atomic E-state index is 0.427. The number of hydrogen-bond donors (Lipinski definition) is 0. The molecule has 5 nitrogen and oxygen atoms in total. The number of ether oxygens (including phenoxy) is 1. The Morgan fingerprint density at radius 1 is 1.32 bits per heavy atom. The Bertz CT molecular complexity index is 1010. The van der Waals surface area contributed by atoms with Crippen LogP contribution in [-0.2, 0) is 0 Å². The quantitative estimate of drug-likeness (QED) is 0.521. The molecule has 3 aromatic rings. The van der Waals surface area contributed by atoms with Crippen LogP contribution in [0.15, 0.2) is 24.3 Å². The Labute approximate surface area is 150 Å². The van der Waals surface area contributed by atoms with E-state index in [1.165, 1.54) is 11.3 Å². The average Bonchev–Trinajstić information content (AvgIpc) is 2.97. The zero-order valence-corrected chi connectivity index (χ0v) is 15.0. The highest BCUT2D eigenvalue weighted by atomic mass is 32.1. The van der Waals surface area contributed by atoms with Gasteiger partial charge in [0.1, 0.15) is 16.4 Å². The maximum absolute atomic E-state index is 7.37. The second kappa shape index (κ2) is 6.80. The van der Waals surface area contributed by atoms with Gasteiger partial charge in [0.05, 0.1) is 20.2 Å². The molecule has 124 valence electrons. The van der Waals surface area contributed by atoms with E-state index in [1.807, 2.05) is 43.1 Å². The van der Waals surface area contributed by atoms with E-state index >= 15 is 0 Å². The van der Waals surface area contributed by atoms with Crippen LogP contribution in [0.4, 0.5) is 10.8 Å². The number of terminal acetylenes is 1. The molecule has 0 spiro atoms. The molecule has 0 amide bonds. The zero-order valence-electron chi connectivity index (χ0n) is 14.2. The van der Waals surface area contributed by atoms with Crippen molar-refractivity contribution >= 4 is 32.4 Å². The van der Waals surface area contributed by atoms with Gasteiger partial charge in [-0.1, -0.05) is 5.92 Å². The third kappa shape index (κ3) is 3.00. The van der Waals surface area contributed by atoms with E-state index in [-0.39, 0.29) is 0 Å². The topological polar surface area (TPSA) is 42.6 Å². The van der Waals surface area contributed by atoms with Gasteiger partial charge in [0, 0.05) is 18.0 Å². The Kier molecular flexibility index (Phi) is 4.56. The summed E-state index contributed by atoms with van der Waals surface area (Å²) in [6.07, 6.45) is 5.47. The second-order valence-corrected chi connectivity index (χ2v) is 6.46. The predicted octanol–water partition coefficient (Wildman–Crippen LogP) is 4.30. The Balaban J connectivity index is 2.24. The van der Waals surface area contributed by atoms with Crippen molar-refractivity contribution in [2.75, 3.05) is 25.6 Å². The summed E-state index contributed by atoms with van der Waals surface area (Å²) in [5.74, 6) is 4.76. The van der Waals surface area contributed by atoms with E-state index in [9.17, 15) is 0 Å². The van der Waals surface area contributed by atoms with Crippen molar-refractivity contribution in [1.82, 2.24) is 9.97 Å². The molecule has 0 radical (unpaired) electrons. The van der Waals surface area contributed by atoms with Gasteiger partial charge in [-0.3, -0.25) is 0 Å². The van der Waals surface area contributed by atoms with Crippen LogP contribution in [0, 0.1) is 25.8 Å². The number of benzene rings is 1. The van der Waals surface area contributed by atoms with E-state index in [0.717, 1.165) is 32.9 Å². The maximum atomic E-state index is 7.37. The van der Waals surface area contributed by atoms with E-state index in [1.54, 1.807) is 7.11 Å². The fraction of sp³-hybridized carbons (Fsp3) is 0.211. The molecule has 0 unspecified atom stereocenters. The van der Waals surface area contributed by atoms with Crippen molar-refractivity contribution < 1.29 is 4.74 Å². The van der Waals surface area contributed by atoms with Gasteiger partial charge in [0.2, 0.25) is 5.00 Å². The largest absolute Gasteiger partial charge is 0.497 e. The van der Waals surface area contributed by atoms with Crippen LogP contribution in [0.25, 0.3) is 26.4 Å². The molecule has 0 aliphatic heterocycles. The first-order valence-electron chi connectivity index (χ1n) is 7.56. The lowest BCUT2D eigenvalue weighted by atomic mass is 10.2. The summed E-state index contributed by atoms with van der Waals surface area (Å²) < 4.78 is 5.20. The Morgan fingerprint density at radius 2 is 2.04 bits per heavy atom. The molecule has 0 saturated heterocycles. The van der Waals surface area contributed by atoms with Gasteiger partial charge in [-0.2, -0.15) is 0 Å². The minimum Gasteiger partial charge on any atom is -0.497 e. The van der Waals surface area contributed by atoms with Crippen LogP contribution >= 0.6 is 11.3 Å². The molecule has 6 heteroatoms. The number of methoxy groups -OCH3 is 1. The van der Waals surface area contributed by atoms with Crippen molar-refractivity contribution in [3.63, 3.8) is 0 Å². The van der Waals surface area contributed by atoms with E-state index in [0.29, 0.717) is 17.4 Å². The summed E-state index contributed by atoms with van der Waals surface area (Å²) >= 11 is 1.38. The summed E-state index contributed by atoms with van der Waals surface area (Å²) in [7, 11) is 3.53. The number of nitrogens with zero attached hydrogens (tertiary/aromatic N) is 4. The Hall–Kier alpha value is -3.09. The van der Waals surface area contributed by atoms with Crippen LogP contribution in [0.2, 0.25) is 0 Å². The van der Waals surface area contributed by atoms with E-state index in [2.05, 4.69) is 15.7 Å². The number of rotatable bonds is 4. The highest BCUT2D eigenvalue weighted by molar-refractivity contribution is 7.22. The van der Waals surface area contributed by atoms with E-state index < -0.39 is 0 Å². The third-order valence-corrected chi connectivity index (χ3v) is 4.97. The lowest BCUT2D eigenvalue weighted by Gasteiger charge is -2.17. The molecule has 0 aliphatic carbocycles. The third-order valence-electron chi connectivity index (χ3n) is 3.89. The minimum absolute atomic E-state index is 0.427. The summed E-state index contributed by atoms with van der Waals surface area (Å²) in [6.45, 7) is 9.72. The molecular weight excluding hydrogens is 332 g/mol. The van der Waals surface area contributed by atoms with Gasteiger partial charge >= 0.3 is 0 Å². The molecule has 0 fully saturated rings. The smallest absolute Gasteiger partial charge is 0.246 e. The normalized spacial score (nSPS) is 10.3. The fourth-order valence-electron chi connectivity index (χ4n) is 2.57. The molecule has 0 atom stereocenters. The van der Waals surface area contributed by atoms with Crippen LogP contribution in [-0.4, -0.2) is 30.7 Å². The molecule has 3 rings (SSSR count). The summed E-state index contributed by atoms with van der Waals surface area (Å²) in [5, 5.41) is 1.53. The van der Waals surface area contributed by atoms with Crippen molar-refractivity contribution in [3.8, 4) is 29.5 Å². The summed E-state index contributed by atoms with van der Waals surface area (Å²) in [4.78, 5) is 15.7. The number of aromatic nitrogens is 2. The van der Waals surface area contributed by atoms with Gasteiger partial charge in [-0.25, -0.2) is 14.8 Å². The van der Waals surface area contributed by atoms with Crippen molar-refractivity contribution in [3.05, 3.63) is 41.2 Å². The lowest BCUT2D eigenvalue weighted by Crippen LogP contribution is -2.19. The number of hydrogen-bond acceptors (Lipinski definition) is 5. The molecular formula is C19H16N4OS. The van der Waals surface area contributed by atoms with Crippen LogP contribution < -0.4 is 9.64 Å². The standard InChI is InChI=1S/C19H16N4OS/c1-6-11-23(4)17-15-12(2)18(20-3)25-19(15)22-16(21-17)13-7-9-14(24-5)10-8-13/h1,7-10H,11H2,2,4-5H3. The number of aryl methyl sites for hydroxylation is 1. The Morgan fingerprint density at radius 3 is 2.64 bits per heavy atom. The highest BCUT2D eigenvalue weighted by Crippen LogP contribution is 2.41. The van der Waals surface area contributed by atoms with Crippen molar-refractivity contribution in [2.45, 2.75) is 6.92 Å². The summed E-state index contributed by atoms with van der Waals surface area (Å²) in [5.41, 5.74) is 1.78. The first kappa shape index (κ1) is 16.8. The molecule has 0 bridgehead atoms. The van der Waals surface area contributed by atoms with Gasteiger partial charge in [0.25, 0.3) is 0 Å². The first-order valence-corrected chi connectivity index (χ1v) is 8.38. The first-order chi connectivity index (χ1) is 12.1. The molecule has 25 heavy (non-hydrogen) atoms. The van der Waals surface area contributed by atoms with E-state index in [4.69, 9.17) is 22.7 Å². The molecule has 2 heterocycles. The second-order valence-electron chi connectivity index (χ2n) is 5.48. The van der Waals surface area contributed by atoms with Crippen LogP contribution in [0.5, 0.6) is 5.75 Å². The molecule has 0 aliphatic rings. The summed E-state index contributed by atoms with van der Waals surface area (Å²) in [6, 6.07) is 7.58. The maximum Gasteiger partial charge on any atom is 0.246 e. The monoisotopic (exact) mass is 348 g/mol. The number of thiophene rings is 1. The number of fused-ring (bicyclic) bond motifs is 1. The van der Waals surface area contributed by atoms with Gasteiger partial charge < -0.3 is 9.64 Å². The van der Waals surface area contributed by atoms with Crippen LogP contribution in [0.3, 0.4) is 0 Å². The molecule has 0 saturated carbocycles. The fourth-order valence-corrected chi connectivity index (χ4v) is 3.53. The predicted molar refractivity (Wildman–Crippen MR) is 103 cm³/mol. The van der Waals surface area contributed by atoms with Gasteiger partial charge in [-0.05, 0) is 36.8 Å². The molecule has 1 aromatic carbocycles.